The Morgan fingerprint density at radius 1 is 1.12 bits per heavy atom. The van der Waals surface area contributed by atoms with Crippen molar-refractivity contribution in [2.24, 2.45) is 0 Å². The van der Waals surface area contributed by atoms with E-state index in [0.29, 0.717) is 5.75 Å². The van der Waals surface area contributed by atoms with Gasteiger partial charge < -0.3 is 19.4 Å². The highest BCUT2D eigenvalue weighted by Gasteiger charge is 2.17. The molecule has 1 heterocycles. The topological polar surface area (TPSA) is 95.6 Å². The minimum absolute atomic E-state index is 0.0268. The average Bonchev–Trinajstić information content (AvgIpc) is 3.03. The van der Waals surface area contributed by atoms with Crippen LogP contribution < -0.4 is 14.8 Å². The van der Waals surface area contributed by atoms with Gasteiger partial charge in [0.1, 0.15) is 23.7 Å². The zero-order valence-corrected chi connectivity index (χ0v) is 14.3. The van der Waals surface area contributed by atoms with Crippen LogP contribution in [0.5, 0.6) is 11.5 Å². The first-order valence-corrected chi connectivity index (χ1v) is 7.77. The largest absolute Gasteiger partial charge is 0.497 e. The lowest BCUT2D eigenvalue weighted by atomic mass is 10.2. The van der Waals surface area contributed by atoms with Gasteiger partial charge in [0.05, 0.1) is 25.2 Å². The molecule has 0 radical (unpaired) electrons. The lowest BCUT2D eigenvalue weighted by Crippen LogP contribution is -2.18. The summed E-state index contributed by atoms with van der Waals surface area (Å²) < 4.78 is 11.9. The highest BCUT2D eigenvalue weighted by molar-refractivity contribution is 5.94. The van der Waals surface area contributed by atoms with Gasteiger partial charge in [-0.05, 0) is 36.4 Å². The van der Waals surface area contributed by atoms with Crippen LogP contribution in [0.1, 0.15) is 0 Å². The van der Waals surface area contributed by atoms with Gasteiger partial charge in [-0.1, -0.05) is 0 Å². The molecule has 0 unspecified atom stereocenters. The Balaban J connectivity index is 1.80. The van der Waals surface area contributed by atoms with Gasteiger partial charge in [0.25, 0.3) is 5.69 Å². The van der Waals surface area contributed by atoms with E-state index in [9.17, 15) is 14.9 Å². The summed E-state index contributed by atoms with van der Waals surface area (Å²) in [7, 11) is 3.01. The molecule has 0 fully saturated rings. The van der Waals surface area contributed by atoms with Crippen molar-refractivity contribution in [1.29, 1.82) is 0 Å². The number of hydrogen-bond acceptors (Lipinski definition) is 5. The van der Waals surface area contributed by atoms with Crippen molar-refractivity contribution in [2.45, 2.75) is 6.54 Å². The molecule has 0 aliphatic rings. The fraction of sp³-hybridized carbons (Fsp3) is 0.167. The Morgan fingerprint density at radius 3 is 2.50 bits per heavy atom. The number of rotatable bonds is 6. The first kappa shape index (κ1) is 17.3. The third-order valence-electron chi connectivity index (χ3n) is 3.97. The summed E-state index contributed by atoms with van der Waals surface area (Å²) in [6.45, 7) is 0.0268. The lowest BCUT2D eigenvalue weighted by Gasteiger charge is -2.09. The second kappa shape index (κ2) is 7.14. The van der Waals surface area contributed by atoms with Crippen molar-refractivity contribution >= 4 is 28.2 Å². The van der Waals surface area contributed by atoms with Gasteiger partial charge in [-0.25, -0.2) is 0 Å². The maximum atomic E-state index is 12.4. The summed E-state index contributed by atoms with van der Waals surface area (Å²) in [6.07, 6.45) is 1.78. The number of carbonyl (C=O) groups is 1. The highest BCUT2D eigenvalue weighted by atomic mass is 16.6. The molecule has 1 N–H and O–H groups in total. The number of nitro benzene ring substituents is 1. The third-order valence-corrected chi connectivity index (χ3v) is 3.97. The van der Waals surface area contributed by atoms with Crippen LogP contribution in [0.15, 0.2) is 48.7 Å². The minimum Gasteiger partial charge on any atom is -0.497 e. The number of anilines is 1. The number of benzene rings is 2. The molecule has 0 saturated heterocycles. The van der Waals surface area contributed by atoms with E-state index in [4.69, 9.17) is 9.47 Å². The Kier molecular flexibility index (Phi) is 4.74. The fourth-order valence-electron chi connectivity index (χ4n) is 2.68. The molecule has 8 heteroatoms. The number of nitro groups is 1. The van der Waals surface area contributed by atoms with Gasteiger partial charge >= 0.3 is 0 Å². The number of ether oxygens (including phenoxy) is 2. The summed E-state index contributed by atoms with van der Waals surface area (Å²) in [5, 5.41) is 14.7. The maximum Gasteiger partial charge on any atom is 0.296 e. The van der Waals surface area contributed by atoms with Gasteiger partial charge in [-0.2, -0.15) is 0 Å². The molecule has 0 saturated carbocycles. The van der Waals surface area contributed by atoms with Gasteiger partial charge in [0.15, 0.2) is 0 Å². The van der Waals surface area contributed by atoms with Crippen molar-refractivity contribution in [2.75, 3.05) is 19.5 Å². The van der Waals surface area contributed by atoms with Crippen molar-refractivity contribution in [1.82, 2.24) is 4.57 Å². The van der Waals surface area contributed by atoms with E-state index in [1.165, 1.54) is 19.2 Å². The van der Waals surface area contributed by atoms with Gasteiger partial charge in [0.2, 0.25) is 5.91 Å². The molecule has 2 aromatic carbocycles. The molecule has 0 spiro atoms. The van der Waals surface area contributed by atoms with E-state index in [0.717, 1.165) is 16.7 Å². The normalized spacial score (nSPS) is 10.5. The van der Waals surface area contributed by atoms with Crippen molar-refractivity contribution in [3.8, 4) is 11.5 Å². The molecule has 3 rings (SSSR count). The quantitative estimate of drug-likeness (QED) is 0.541. The van der Waals surface area contributed by atoms with Crippen molar-refractivity contribution in [3.05, 3.63) is 58.8 Å². The Bertz CT molecular complexity index is 980. The molecule has 3 aromatic rings. The fourth-order valence-corrected chi connectivity index (χ4v) is 2.68. The standard InChI is InChI=1S/C18H17N3O5/c1-25-13-4-6-16-12(9-13)7-8-20(16)11-18(22)19-15-5-3-14(26-2)10-17(15)21(23)24/h3-10H,11H2,1-2H3,(H,19,22). The molecule has 1 aromatic heterocycles. The van der Waals surface area contributed by atoms with E-state index in [2.05, 4.69) is 5.32 Å². The minimum atomic E-state index is -0.560. The van der Waals surface area contributed by atoms with Crippen LogP contribution in [-0.4, -0.2) is 29.6 Å². The smallest absolute Gasteiger partial charge is 0.296 e. The molecule has 26 heavy (non-hydrogen) atoms. The summed E-state index contributed by atoms with van der Waals surface area (Å²) in [6, 6.07) is 11.7. The number of hydrogen-bond donors (Lipinski definition) is 1. The summed E-state index contributed by atoms with van der Waals surface area (Å²) in [4.78, 5) is 23.0. The number of carbonyl (C=O) groups excluding carboxylic acids is 1. The van der Waals surface area contributed by atoms with Crippen LogP contribution in [-0.2, 0) is 11.3 Å². The van der Waals surface area contributed by atoms with E-state index >= 15 is 0 Å². The molecule has 0 aliphatic carbocycles. The second-order valence-corrected chi connectivity index (χ2v) is 5.56. The number of nitrogens with one attached hydrogen (secondary N) is 1. The Morgan fingerprint density at radius 2 is 1.81 bits per heavy atom. The summed E-state index contributed by atoms with van der Waals surface area (Å²) in [5.74, 6) is 0.709. The molecule has 8 nitrogen and oxygen atoms in total. The molecule has 0 atom stereocenters. The lowest BCUT2D eigenvalue weighted by molar-refractivity contribution is -0.384. The highest BCUT2D eigenvalue weighted by Crippen LogP contribution is 2.29. The number of amides is 1. The molecular weight excluding hydrogens is 338 g/mol. The van der Waals surface area contributed by atoms with E-state index in [-0.39, 0.29) is 23.8 Å². The monoisotopic (exact) mass is 355 g/mol. The maximum absolute atomic E-state index is 12.4. The number of fused-ring (bicyclic) bond motifs is 1. The predicted molar refractivity (Wildman–Crippen MR) is 96.8 cm³/mol. The number of nitrogens with zero attached hydrogens (tertiary/aromatic N) is 2. The average molecular weight is 355 g/mol. The molecule has 134 valence electrons. The SMILES string of the molecule is COc1ccc(NC(=O)Cn2ccc3cc(OC)ccc32)c([N+](=O)[O-])c1. The van der Waals surface area contributed by atoms with E-state index in [1.54, 1.807) is 23.9 Å². The molecular formula is C18H17N3O5. The van der Waals surface area contributed by atoms with Gasteiger partial charge in [-0.3, -0.25) is 14.9 Å². The van der Waals surface area contributed by atoms with Crippen LogP contribution in [0, 0.1) is 10.1 Å². The van der Waals surface area contributed by atoms with Crippen LogP contribution in [0.2, 0.25) is 0 Å². The molecule has 1 amide bonds. The van der Waals surface area contributed by atoms with Crippen LogP contribution in [0.4, 0.5) is 11.4 Å². The first-order chi connectivity index (χ1) is 12.5. The van der Waals surface area contributed by atoms with E-state index in [1.807, 2.05) is 24.3 Å². The van der Waals surface area contributed by atoms with Crippen LogP contribution in [0.25, 0.3) is 10.9 Å². The third kappa shape index (κ3) is 3.44. The van der Waals surface area contributed by atoms with E-state index < -0.39 is 4.92 Å². The van der Waals surface area contributed by atoms with Crippen molar-refractivity contribution < 1.29 is 19.2 Å². The van der Waals surface area contributed by atoms with Crippen molar-refractivity contribution in [3.63, 3.8) is 0 Å². The summed E-state index contributed by atoms with van der Waals surface area (Å²) in [5.41, 5.74) is 0.768. The molecule has 0 bridgehead atoms. The first-order valence-electron chi connectivity index (χ1n) is 7.77. The van der Waals surface area contributed by atoms with Gasteiger partial charge in [0, 0.05) is 17.1 Å². The molecule has 0 aliphatic heterocycles. The number of aromatic nitrogens is 1. The number of methoxy groups -OCH3 is 2. The predicted octanol–water partition coefficient (Wildman–Crippen LogP) is 3.21. The zero-order valence-electron chi connectivity index (χ0n) is 14.3. The van der Waals surface area contributed by atoms with Gasteiger partial charge in [-0.15, -0.1) is 0 Å². The van der Waals surface area contributed by atoms with Crippen LogP contribution in [0.3, 0.4) is 0 Å². The Labute approximate surface area is 149 Å². The summed E-state index contributed by atoms with van der Waals surface area (Å²) >= 11 is 0. The second-order valence-electron chi connectivity index (χ2n) is 5.56. The van der Waals surface area contributed by atoms with Crippen LogP contribution >= 0.6 is 0 Å². The zero-order chi connectivity index (χ0) is 18.7. The Hall–Kier alpha value is -3.55.